The van der Waals surface area contributed by atoms with Crippen molar-refractivity contribution in [3.05, 3.63) is 35.9 Å². The van der Waals surface area contributed by atoms with Gasteiger partial charge in [0.15, 0.2) is 5.82 Å². The smallest absolute Gasteiger partial charge is 0.151 e. The summed E-state index contributed by atoms with van der Waals surface area (Å²) in [5.74, 6) is -0.0252. The SMILES string of the molecule is NC(=CC=Nc1ccc(F)cn1)CO. The van der Waals surface area contributed by atoms with E-state index in [0.29, 0.717) is 11.5 Å². The normalized spacial score (nSPS) is 12.3. The molecule has 1 heterocycles. The van der Waals surface area contributed by atoms with Gasteiger partial charge in [0.05, 0.1) is 12.8 Å². The number of hydrogen-bond acceptors (Lipinski definition) is 4. The summed E-state index contributed by atoms with van der Waals surface area (Å²) in [7, 11) is 0. The molecule has 0 aromatic carbocycles. The van der Waals surface area contributed by atoms with E-state index in [1.165, 1.54) is 24.4 Å². The van der Waals surface area contributed by atoms with E-state index in [1.54, 1.807) is 0 Å². The van der Waals surface area contributed by atoms with Crippen molar-refractivity contribution in [3.63, 3.8) is 0 Å². The van der Waals surface area contributed by atoms with E-state index in [0.717, 1.165) is 6.20 Å². The predicted molar refractivity (Wildman–Crippen MR) is 51.7 cm³/mol. The molecule has 3 N–H and O–H groups in total. The number of hydrogen-bond donors (Lipinski definition) is 2. The molecule has 0 spiro atoms. The summed E-state index contributed by atoms with van der Waals surface area (Å²) < 4.78 is 12.4. The molecular formula is C9H10FN3O. The lowest BCUT2D eigenvalue weighted by Gasteiger charge is -1.91. The minimum atomic E-state index is -0.408. The molecule has 0 fully saturated rings. The third-order valence-electron chi connectivity index (χ3n) is 1.39. The Bertz CT molecular complexity index is 346. The maximum Gasteiger partial charge on any atom is 0.151 e. The predicted octanol–water partition coefficient (Wildman–Crippen LogP) is 0.758. The third-order valence-corrected chi connectivity index (χ3v) is 1.39. The molecular weight excluding hydrogens is 185 g/mol. The number of aliphatic imine (C=N–C) groups is 1. The van der Waals surface area contributed by atoms with Gasteiger partial charge < -0.3 is 10.8 Å². The second-order valence-electron chi connectivity index (χ2n) is 2.51. The first-order chi connectivity index (χ1) is 6.72. The Balaban J connectivity index is 2.65. The van der Waals surface area contributed by atoms with Crippen LogP contribution in [-0.4, -0.2) is 22.9 Å². The molecule has 0 saturated heterocycles. The van der Waals surface area contributed by atoms with E-state index in [-0.39, 0.29) is 6.61 Å². The molecule has 14 heavy (non-hydrogen) atoms. The van der Waals surface area contributed by atoms with Gasteiger partial charge in [-0.3, -0.25) is 0 Å². The first-order valence-electron chi connectivity index (χ1n) is 3.93. The summed E-state index contributed by atoms with van der Waals surface area (Å²) in [6, 6.07) is 2.70. The molecule has 74 valence electrons. The van der Waals surface area contributed by atoms with E-state index in [9.17, 15) is 4.39 Å². The van der Waals surface area contributed by atoms with Crippen LogP contribution >= 0.6 is 0 Å². The van der Waals surface area contributed by atoms with Crippen LogP contribution < -0.4 is 5.73 Å². The molecule has 0 bridgehead atoms. The number of allylic oxidation sites excluding steroid dienone is 1. The first-order valence-corrected chi connectivity index (χ1v) is 3.93. The van der Waals surface area contributed by atoms with E-state index in [1.807, 2.05) is 0 Å². The van der Waals surface area contributed by atoms with Crippen LogP contribution in [0.25, 0.3) is 0 Å². The van der Waals surface area contributed by atoms with Crippen molar-refractivity contribution in [2.75, 3.05) is 6.61 Å². The van der Waals surface area contributed by atoms with E-state index >= 15 is 0 Å². The zero-order chi connectivity index (χ0) is 10.4. The van der Waals surface area contributed by atoms with E-state index in [4.69, 9.17) is 10.8 Å². The summed E-state index contributed by atoms with van der Waals surface area (Å²) in [5, 5.41) is 8.55. The quantitative estimate of drug-likeness (QED) is 0.699. The Morgan fingerprint density at radius 1 is 1.64 bits per heavy atom. The fraction of sp³-hybridized carbons (Fsp3) is 0.111. The molecule has 0 aliphatic carbocycles. The van der Waals surface area contributed by atoms with Gasteiger partial charge in [-0.2, -0.15) is 0 Å². The second kappa shape index (κ2) is 5.08. The highest BCUT2D eigenvalue weighted by molar-refractivity contribution is 5.74. The van der Waals surface area contributed by atoms with Gasteiger partial charge in [0.1, 0.15) is 5.82 Å². The number of aliphatic hydroxyl groups is 1. The molecule has 0 amide bonds. The number of halogens is 1. The Labute approximate surface area is 80.6 Å². The van der Waals surface area contributed by atoms with Crippen molar-refractivity contribution in [2.45, 2.75) is 0 Å². The topological polar surface area (TPSA) is 71.5 Å². The number of aliphatic hydroxyl groups excluding tert-OH is 1. The van der Waals surface area contributed by atoms with E-state index < -0.39 is 5.82 Å². The molecule has 1 rings (SSSR count). The highest BCUT2D eigenvalue weighted by Gasteiger charge is 1.90. The van der Waals surface area contributed by atoms with Crippen LogP contribution in [0, 0.1) is 5.82 Å². The number of nitrogens with zero attached hydrogens (tertiary/aromatic N) is 2. The maximum absolute atomic E-state index is 12.4. The number of aromatic nitrogens is 1. The third kappa shape index (κ3) is 3.32. The monoisotopic (exact) mass is 195 g/mol. The molecule has 1 aromatic heterocycles. The van der Waals surface area contributed by atoms with E-state index in [2.05, 4.69) is 9.98 Å². The summed E-state index contributed by atoms with van der Waals surface area (Å²) in [6.07, 6.45) is 3.92. The average Bonchev–Trinajstić information content (AvgIpc) is 2.21. The Morgan fingerprint density at radius 3 is 3.00 bits per heavy atom. The Kier molecular flexibility index (Phi) is 3.75. The molecule has 0 unspecified atom stereocenters. The number of nitrogens with two attached hydrogens (primary N) is 1. The zero-order valence-electron chi connectivity index (χ0n) is 7.39. The van der Waals surface area contributed by atoms with Crippen molar-refractivity contribution < 1.29 is 9.50 Å². The van der Waals surface area contributed by atoms with Gasteiger partial charge in [-0.1, -0.05) is 0 Å². The maximum atomic E-state index is 12.4. The van der Waals surface area contributed by atoms with Gasteiger partial charge in [0, 0.05) is 11.9 Å². The Morgan fingerprint density at radius 2 is 2.43 bits per heavy atom. The van der Waals surface area contributed by atoms with Crippen molar-refractivity contribution in [3.8, 4) is 0 Å². The lowest BCUT2D eigenvalue weighted by Crippen LogP contribution is -2.01. The zero-order valence-corrected chi connectivity index (χ0v) is 7.39. The summed E-state index contributed by atoms with van der Waals surface area (Å²) in [5.41, 5.74) is 5.60. The van der Waals surface area contributed by atoms with Crippen molar-refractivity contribution in [1.29, 1.82) is 0 Å². The van der Waals surface area contributed by atoms with Gasteiger partial charge in [-0.15, -0.1) is 0 Å². The minimum Gasteiger partial charge on any atom is -0.400 e. The van der Waals surface area contributed by atoms with Crippen LogP contribution in [0.4, 0.5) is 10.2 Å². The minimum absolute atomic E-state index is 0.219. The largest absolute Gasteiger partial charge is 0.400 e. The van der Waals surface area contributed by atoms with Crippen LogP contribution in [0.5, 0.6) is 0 Å². The van der Waals surface area contributed by atoms with Crippen LogP contribution in [0.15, 0.2) is 35.1 Å². The summed E-state index contributed by atoms with van der Waals surface area (Å²) >= 11 is 0. The summed E-state index contributed by atoms with van der Waals surface area (Å²) in [4.78, 5) is 7.56. The van der Waals surface area contributed by atoms with Crippen molar-refractivity contribution in [1.82, 2.24) is 4.98 Å². The molecule has 0 aliphatic heterocycles. The van der Waals surface area contributed by atoms with Gasteiger partial charge in [-0.05, 0) is 18.2 Å². The summed E-state index contributed by atoms with van der Waals surface area (Å²) in [6.45, 7) is -0.219. The van der Waals surface area contributed by atoms with Crippen molar-refractivity contribution in [2.24, 2.45) is 10.7 Å². The highest BCUT2D eigenvalue weighted by Crippen LogP contribution is 2.06. The van der Waals surface area contributed by atoms with Gasteiger partial charge >= 0.3 is 0 Å². The molecule has 0 atom stereocenters. The van der Waals surface area contributed by atoms with Gasteiger partial charge in [-0.25, -0.2) is 14.4 Å². The standard InChI is InChI=1S/C9H10FN3O/c10-7-1-2-9(13-5-7)12-4-3-8(11)6-14/h1-5,14H,6,11H2. The lowest BCUT2D eigenvalue weighted by molar-refractivity contribution is 0.330. The molecule has 1 aromatic rings. The fourth-order valence-corrected chi connectivity index (χ4v) is 0.706. The highest BCUT2D eigenvalue weighted by atomic mass is 19.1. The van der Waals surface area contributed by atoms with Gasteiger partial charge in [0.2, 0.25) is 0 Å². The second-order valence-corrected chi connectivity index (χ2v) is 2.51. The first kappa shape index (κ1) is 10.3. The van der Waals surface area contributed by atoms with Crippen molar-refractivity contribution >= 4 is 12.0 Å². The number of rotatable bonds is 3. The molecule has 4 nitrogen and oxygen atoms in total. The molecule has 5 heteroatoms. The van der Waals surface area contributed by atoms with Gasteiger partial charge in [0.25, 0.3) is 0 Å². The molecule has 0 aliphatic rings. The van der Waals surface area contributed by atoms with Crippen LogP contribution in [0.2, 0.25) is 0 Å². The average molecular weight is 195 g/mol. The lowest BCUT2D eigenvalue weighted by atomic mass is 10.4. The molecule has 0 radical (unpaired) electrons. The van der Waals surface area contributed by atoms with Crippen LogP contribution in [-0.2, 0) is 0 Å². The number of pyridine rings is 1. The van der Waals surface area contributed by atoms with Crippen LogP contribution in [0.1, 0.15) is 0 Å². The Hall–Kier alpha value is -1.75. The fourth-order valence-electron chi connectivity index (χ4n) is 0.706. The van der Waals surface area contributed by atoms with Crippen LogP contribution in [0.3, 0.4) is 0 Å². The molecule has 0 saturated carbocycles.